The molecule has 2 aromatic rings. The Morgan fingerprint density at radius 1 is 1.37 bits per heavy atom. The number of benzene rings is 1. The summed E-state index contributed by atoms with van der Waals surface area (Å²) in [4.78, 5) is 8.21. The van der Waals surface area contributed by atoms with Crippen molar-refractivity contribution in [3.63, 3.8) is 0 Å². The van der Waals surface area contributed by atoms with Crippen LogP contribution in [0.3, 0.4) is 0 Å². The summed E-state index contributed by atoms with van der Waals surface area (Å²) in [5.74, 6) is 1.84. The van der Waals surface area contributed by atoms with E-state index in [0.717, 1.165) is 11.9 Å². The lowest BCUT2D eigenvalue weighted by Gasteiger charge is -2.22. The largest absolute Gasteiger partial charge is 0.342 e. The summed E-state index contributed by atoms with van der Waals surface area (Å²) in [6.07, 6.45) is 4.93. The van der Waals surface area contributed by atoms with Gasteiger partial charge in [-0.15, -0.1) is 0 Å². The highest BCUT2D eigenvalue weighted by atomic mass is 14.9. The van der Waals surface area contributed by atoms with Gasteiger partial charge in [0.2, 0.25) is 0 Å². The molecule has 3 rings (SSSR count). The Hall–Kier alpha value is -1.35. The van der Waals surface area contributed by atoms with E-state index >= 15 is 0 Å². The maximum atomic E-state index is 5.82. The van der Waals surface area contributed by atoms with Gasteiger partial charge in [-0.3, -0.25) is 0 Å². The second kappa shape index (κ2) is 4.64. The number of nitrogens with two attached hydrogens (primary N) is 1. The third-order valence-corrected chi connectivity index (χ3v) is 4.29. The van der Waals surface area contributed by atoms with Crippen molar-refractivity contribution in [3.8, 4) is 0 Å². The predicted octanol–water partition coefficient (Wildman–Crippen LogP) is 3.36. The number of hydrogen-bond donors (Lipinski definition) is 2. The normalized spacial score (nSPS) is 16.8. The Morgan fingerprint density at radius 2 is 2.16 bits per heavy atom. The van der Waals surface area contributed by atoms with Crippen LogP contribution in [0.2, 0.25) is 0 Å². The quantitative estimate of drug-likeness (QED) is 0.882. The monoisotopic (exact) mass is 257 g/mol. The smallest absolute Gasteiger partial charge is 0.110 e. The lowest BCUT2D eigenvalue weighted by Crippen LogP contribution is -2.25. The summed E-state index contributed by atoms with van der Waals surface area (Å²) >= 11 is 0. The summed E-state index contributed by atoms with van der Waals surface area (Å²) in [7, 11) is 0. The van der Waals surface area contributed by atoms with Crippen LogP contribution in [-0.4, -0.2) is 16.5 Å². The van der Waals surface area contributed by atoms with E-state index in [4.69, 9.17) is 10.7 Å². The molecule has 0 saturated heterocycles. The van der Waals surface area contributed by atoms with Gasteiger partial charge in [-0.1, -0.05) is 26.3 Å². The molecule has 1 aliphatic rings. The van der Waals surface area contributed by atoms with Crippen LogP contribution in [0, 0.1) is 5.41 Å². The van der Waals surface area contributed by atoms with Gasteiger partial charge >= 0.3 is 0 Å². The van der Waals surface area contributed by atoms with Crippen LogP contribution < -0.4 is 5.73 Å². The minimum atomic E-state index is 0.157. The zero-order chi connectivity index (χ0) is 13.5. The molecular weight excluding hydrogens is 234 g/mol. The van der Waals surface area contributed by atoms with Gasteiger partial charge < -0.3 is 10.7 Å². The third-order valence-electron chi connectivity index (χ3n) is 4.29. The first-order valence-electron chi connectivity index (χ1n) is 7.26. The lowest BCUT2D eigenvalue weighted by atomic mass is 9.85. The number of aromatic amines is 1. The Kier molecular flexibility index (Phi) is 3.09. The number of nitrogens with zero attached hydrogens (tertiary/aromatic N) is 1. The van der Waals surface area contributed by atoms with Gasteiger partial charge in [0.05, 0.1) is 11.0 Å². The fraction of sp³-hybridized carbons (Fsp3) is 0.562. The average molecular weight is 257 g/mol. The van der Waals surface area contributed by atoms with Crippen molar-refractivity contribution in [2.75, 3.05) is 6.54 Å². The molecule has 0 unspecified atom stereocenters. The van der Waals surface area contributed by atoms with E-state index in [1.165, 1.54) is 36.2 Å². The zero-order valence-corrected chi connectivity index (χ0v) is 11.9. The minimum absolute atomic E-state index is 0.157. The fourth-order valence-electron chi connectivity index (χ4n) is 2.69. The number of rotatable bonds is 4. The first-order chi connectivity index (χ1) is 9.07. The van der Waals surface area contributed by atoms with Crippen molar-refractivity contribution in [2.45, 2.75) is 45.4 Å². The lowest BCUT2D eigenvalue weighted by molar-refractivity contribution is 0.377. The van der Waals surface area contributed by atoms with Crippen molar-refractivity contribution in [3.05, 3.63) is 29.6 Å². The van der Waals surface area contributed by atoms with Crippen molar-refractivity contribution in [2.24, 2.45) is 11.1 Å². The molecule has 1 aromatic carbocycles. The molecule has 1 fully saturated rings. The molecule has 1 heterocycles. The Bertz CT molecular complexity index is 579. The number of hydrogen-bond acceptors (Lipinski definition) is 2. The molecule has 19 heavy (non-hydrogen) atoms. The topological polar surface area (TPSA) is 54.7 Å². The molecule has 0 radical (unpaired) electrons. The van der Waals surface area contributed by atoms with Crippen LogP contribution in [0.25, 0.3) is 11.0 Å². The molecule has 0 aliphatic heterocycles. The Morgan fingerprint density at radius 3 is 2.79 bits per heavy atom. The van der Waals surface area contributed by atoms with Gasteiger partial charge in [-0.25, -0.2) is 4.98 Å². The van der Waals surface area contributed by atoms with E-state index in [1.54, 1.807) is 0 Å². The number of fused-ring (bicyclic) bond motifs is 1. The summed E-state index contributed by atoms with van der Waals surface area (Å²) < 4.78 is 0. The second-order valence-electron chi connectivity index (χ2n) is 6.65. The number of aromatic nitrogens is 2. The number of H-pyrrole nitrogens is 1. The summed E-state index contributed by atoms with van der Waals surface area (Å²) in [6, 6.07) is 6.56. The van der Waals surface area contributed by atoms with Gasteiger partial charge in [-0.2, -0.15) is 0 Å². The second-order valence-corrected chi connectivity index (χ2v) is 6.65. The van der Waals surface area contributed by atoms with Gasteiger partial charge in [0.15, 0.2) is 0 Å². The third kappa shape index (κ3) is 2.52. The summed E-state index contributed by atoms with van der Waals surface area (Å²) in [5, 5.41) is 0. The first kappa shape index (κ1) is 12.7. The number of nitrogens with one attached hydrogen (secondary N) is 1. The van der Waals surface area contributed by atoms with E-state index in [2.05, 4.69) is 37.0 Å². The highest BCUT2D eigenvalue weighted by molar-refractivity contribution is 5.76. The molecule has 1 aliphatic carbocycles. The van der Waals surface area contributed by atoms with Crippen molar-refractivity contribution in [1.29, 1.82) is 0 Å². The predicted molar refractivity (Wildman–Crippen MR) is 79.2 cm³/mol. The zero-order valence-electron chi connectivity index (χ0n) is 11.9. The molecule has 0 bridgehead atoms. The summed E-state index contributed by atoms with van der Waals surface area (Å²) in [6.45, 7) is 5.13. The minimum Gasteiger partial charge on any atom is -0.342 e. The molecule has 0 spiro atoms. The molecule has 1 saturated carbocycles. The van der Waals surface area contributed by atoms with Crippen molar-refractivity contribution >= 4 is 11.0 Å². The maximum absolute atomic E-state index is 5.82. The van der Waals surface area contributed by atoms with Gasteiger partial charge in [0.25, 0.3) is 0 Å². The molecule has 3 heteroatoms. The molecule has 1 aromatic heterocycles. The van der Waals surface area contributed by atoms with Crippen LogP contribution in [0.15, 0.2) is 18.2 Å². The van der Waals surface area contributed by atoms with E-state index in [9.17, 15) is 0 Å². The molecule has 3 N–H and O–H groups in total. The fourth-order valence-corrected chi connectivity index (χ4v) is 2.69. The van der Waals surface area contributed by atoms with E-state index in [-0.39, 0.29) is 5.41 Å². The molecule has 3 nitrogen and oxygen atoms in total. The van der Waals surface area contributed by atoms with Gasteiger partial charge in [-0.05, 0) is 48.9 Å². The molecule has 102 valence electrons. The van der Waals surface area contributed by atoms with Crippen LogP contribution in [-0.2, 0) is 6.42 Å². The van der Waals surface area contributed by atoms with Gasteiger partial charge in [0, 0.05) is 5.92 Å². The van der Waals surface area contributed by atoms with Crippen LogP contribution in [0.4, 0.5) is 0 Å². The van der Waals surface area contributed by atoms with Crippen LogP contribution in [0.5, 0.6) is 0 Å². The number of imidazole rings is 1. The highest BCUT2D eigenvalue weighted by Crippen LogP contribution is 2.35. The first-order valence-corrected chi connectivity index (χ1v) is 7.26. The van der Waals surface area contributed by atoms with Crippen molar-refractivity contribution < 1.29 is 0 Å². The summed E-state index contributed by atoms with van der Waals surface area (Å²) in [5.41, 5.74) is 9.58. The van der Waals surface area contributed by atoms with Crippen LogP contribution in [0.1, 0.15) is 50.4 Å². The SMILES string of the molecule is CC(C)(CN)Cc1ccc2nc(C3CCC3)[nH]c2c1. The molecule has 0 amide bonds. The molecule has 0 atom stereocenters. The average Bonchev–Trinajstić information content (AvgIpc) is 2.68. The Labute approximate surface area is 114 Å². The maximum Gasteiger partial charge on any atom is 0.110 e. The standard InChI is InChI=1S/C16H23N3/c1-16(2,10-17)9-11-6-7-13-14(8-11)19-15(18-13)12-4-3-5-12/h6-8,12H,3-5,9-10,17H2,1-2H3,(H,18,19). The Balaban J connectivity index is 1.87. The van der Waals surface area contributed by atoms with E-state index in [0.29, 0.717) is 12.5 Å². The van der Waals surface area contributed by atoms with Gasteiger partial charge in [0.1, 0.15) is 5.82 Å². The van der Waals surface area contributed by atoms with E-state index < -0.39 is 0 Å². The van der Waals surface area contributed by atoms with Crippen LogP contribution >= 0.6 is 0 Å². The van der Waals surface area contributed by atoms with Crippen molar-refractivity contribution in [1.82, 2.24) is 9.97 Å². The van der Waals surface area contributed by atoms with E-state index in [1.807, 2.05) is 0 Å². The highest BCUT2D eigenvalue weighted by Gasteiger charge is 2.23. The molecular formula is C16H23N3.